The molecule has 0 radical (unpaired) electrons. The van der Waals surface area contributed by atoms with E-state index < -0.39 is 5.91 Å². The number of benzene rings is 1. The summed E-state index contributed by atoms with van der Waals surface area (Å²) in [5.74, 6) is -0.854. The standard InChI is InChI=1S/C18H20N4O3/c1-3-7-20-17(24)13-8-14(11-19-10-13)18(25)22-16-6-4-5-15(9-16)21-12(2)23/h4-6,8-11H,3,7H2,1-2H3,(H,20,24)(H,21,23)(H,22,25). The van der Waals surface area contributed by atoms with Gasteiger partial charge in [-0.25, -0.2) is 0 Å². The summed E-state index contributed by atoms with van der Waals surface area (Å²) in [6, 6.07) is 8.27. The van der Waals surface area contributed by atoms with Gasteiger partial charge in [-0.15, -0.1) is 0 Å². The lowest BCUT2D eigenvalue weighted by Gasteiger charge is -2.09. The Bertz CT molecular complexity index is 789. The van der Waals surface area contributed by atoms with Gasteiger partial charge >= 0.3 is 0 Å². The molecule has 130 valence electrons. The fourth-order valence-electron chi connectivity index (χ4n) is 2.11. The molecule has 7 heteroatoms. The molecule has 0 atom stereocenters. The predicted molar refractivity (Wildman–Crippen MR) is 95.6 cm³/mol. The number of carbonyl (C=O) groups is 3. The number of aromatic nitrogens is 1. The minimum absolute atomic E-state index is 0.196. The first-order chi connectivity index (χ1) is 12.0. The van der Waals surface area contributed by atoms with Gasteiger partial charge in [0.05, 0.1) is 11.1 Å². The van der Waals surface area contributed by atoms with Gasteiger partial charge in [0.15, 0.2) is 0 Å². The summed E-state index contributed by atoms with van der Waals surface area (Å²) in [6.07, 6.45) is 3.63. The Morgan fingerprint density at radius 1 is 0.960 bits per heavy atom. The number of carbonyl (C=O) groups excluding carboxylic acids is 3. The Hall–Kier alpha value is -3.22. The highest BCUT2D eigenvalue weighted by Gasteiger charge is 2.11. The maximum atomic E-state index is 12.4. The Morgan fingerprint density at radius 2 is 1.60 bits per heavy atom. The molecule has 2 aromatic rings. The molecule has 0 saturated heterocycles. The number of anilines is 2. The van der Waals surface area contributed by atoms with Crippen molar-refractivity contribution >= 4 is 29.1 Å². The molecule has 0 bridgehead atoms. The second-order valence-electron chi connectivity index (χ2n) is 5.43. The van der Waals surface area contributed by atoms with Crippen LogP contribution in [0.2, 0.25) is 0 Å². The summed E-state index contributed by atoms with van der Waals surface area (Å²) in [4.78, 5) is 39.4. The van der Waals surface area contributed by atoms with Crippen molar-refractivity contribution in [2.75, 3.05) is 17.2 Å². The number of rotatable bonds is 6. The number of nitrogens with one attached hydrogen (secondary N) is 3. The lowest BCUT2D eigenvalue weighted by atomic mass is 10.1. The second-order valence-corrected chi connectivity index (χ2v) is 5.43. The highest BCUT2D eigenvalue weighted by atomic mass is 16.2. The van der Waals surface area contributed by atoms with E-state index in [1.165, 1.54) is 25.4 Å². The Morgan fingerprint density at radius 3 is 2.24 bits per heavy atom. The van der Waals surface area contributed by atoms with Gasteiger partial charge in [-0.05, 0) is 30.7 Å². The van der Waals surface area contributed by atoms with Gasteiger partial charge in [-0.3, -0.25) is 19.4 Å². The molecule has 2 rings (SSSR count). The van der Waals surface area contributed by atoms with E-state index >= 15 is 0 Å². The van der Waals surface area contributed by atoms with E-state index in [9.17, 15) is 14.4 Å². The Labute approximate surface area is 145 Å². The van der Waals surface area contributed by atoms with Gasteiger partial charge in [-0.1, -0.05) is 13.0 Å². The molecular formula is C18H20N4O3. The first-order valence-electron chi connectivity index (χ1n) is 7.92. The van der Waals surface area contributed by atoms with E-state index in [0.717, 1.165) is 6.42 Å². The fourth-order valence-corrected chi connectivity index (χ4v) is 2.11. The second kappa shape index (κ2) is 8.58. The lowest BCUT2D eigenvalue weighted by molar-refractivity contribution is -0.114. The van der Waals surface area contributed by atoms with Crippen molar-refractivity contribution < 1.29 is 14.4 Å². The van der Waals surface area contributed by atoms with Crippen molar-refractivity contribution in [2.24, 2.45) is 0 Å². The zero-order valence-electron chi connectivity index (χ0n) is 14.1. The topological polar surface area (TPSA) is 100 Å². The average Bonchev–Trinajstić information content (AvgIpc) is 2.59. The van der Waals surface area contributed by atoms with Crippen LogP contribution < -0.4 is 16.0 Å². The van der Waals surface area contributed by atoms with Crippen LogP contribution in [-0.4, -0.2) is 29.3 Å². The summed E-state index contributed by atoms with van der Waals surface area (Å²) in [5.41, 5.74) is 1.70. The normalized spacial score (nSPS) is 10.0. The monoisotopic (exact) mass is 340 g/mol. The van der Waals surface area contributed by atoms with Crippen LogP contribution >= 0.6 is 0 Å². The van der Waals surface area contributed by atoms with Crippen molar-refractivity contribution in [3.63, 3.8) is 0 Å². The SMILES string of the molecule is CCCNC(=O)c1cncc(C(=O)Nc2cccc(NC(C)=O)c2)c1. The molecule has 0 fully saturated rings. The van der Waals surface area contributed by atoms with Crippen LogP contribution in [0.5, 0.6) is 0 Å². The van der Waals surface area contributed by atoms with Crippen LogP contribution in [0.3, 0.4) is 0 Å². The summed E-state index contributed by atoms with van der Waals surface area (Å²) in [7, 11) is 0. The maximum Gasteiger partial charge on any atom is 0.257 e. The van der Waals surface area contributed by atoms with E-state index in [1.807, 2.05) is 6.92 Å². The first-order valence-corrected chi connectivity index (χ1v) is 7.92. The number of hydrogen-bond acceptors (Lipinski definition) is 4. The first kappa shape index (κ1) is 18.1. The fraction of sp³-hybridized carbons (Fsp3) is 0.222. The van der Waals surface area contributed by atoms with Crippen molar-refractivity contribution in [3.05, 3.63) is 53.9 Å². The van der Waals surface area contributed by atoms with Gasteiger partial charge in [0, 0.05) is 37.2 Å². The van der Waals surface area contributed by atoms with E-state index in [1.54, 1.807) is 24.3 Å². The molecule has 0 unspecified atom stereocenters. The van der Waals surface area contributed by atoms with Crippen molar-refractivity contribution in [1.29, 1.82) is 0 Å². The molecule has 3 amide bonds. The van der Waals surface area contributed by atoms with Gasteiger partial charge < -0.3 is 16.0 Å². The zero-order valence-corrected chi connectivity index (χ0v) is 14.1. The number of nitrogens with zero attached hydrogens (tertiary/aromatic N) is 1. The van der Waals surface area contributed by atoms with Crippen LogP contribution in [0.25, 0.3) is 0 Å². The molecule has 3 N–H and O–H groups in total. The van der Waals surface area contributed by atoms with E-state index in [2.05, 4.69) is 20.9 Å². The smallest absolute Gasteiger partial charge is 0.257 e. The highest BCUT2D eigenvalue weighted by molar-refractivity contribution is 6.06. The molecule has 0 aliphatic carbocycles. The quantitative estimate of drug-likeness (QED) is 0.752. The summed E-state index contributed by atoms with van der Waals surface area (Å²) >= 11 is 0. The molecule has 0 aliphatic rings. The van der Waals surface area contributed by atoms with Crippen LogP contribution in [-0.2, 0) is 4.79 Å². The van der Waals surface area contributed by atoms with Crippen molar-refractivity contribution in [2.45, 2.75) is 20.3 Å². The lowest BCUT2D eigenvalue weighted by Crippen LogP contribution is -2.24. The molecule has 0 aliphatic heterocycles. The number of pyridine rings is 1. The summed E-state index contributed by atoms with van der Waals surface area (Å²) in [5, 5.41) is 8.10. The minimum Gasteiger partial charge on any atom is -0.352 e. The van der Waals surface area contributed by atoms with Gasteiger partial charge in [0.25, 0.3) is 11.8 Å². The number of amides is 3. The molecule has 0 saturated carbocycles. The van der Waals surface area contributed by atoms with E-state index in [-0.39, 0.29) is 17.4 Å². The third kappa shape index (κ3) is 5.42. The third-order valence-corrected chi connectivity index (χ3v) is 3.24. The Balaban J connectivity index is 2.10. The molecular weight excluding hydrogens is 320 g/mol. The Kier molecular flexibility index (Phi) is 6.22. The van der Waals surface area contributed by atoms with Crippen LogP contribution in [0.4, 0.5) is 11.4 Å². The van der Waals surface area contributed by atoms with Gasteiger partial charge in [-0.2, -0.15) is 0 Å². The predicted octanol–water partition coefficient (Wildman–Crippen LogP) is 2.43. The van der Waals surface area contributed by atoms with E-state index in [4.69, 9.17) is 0 Å². The van der Waals surface area contributed by atoms with Crippen molar-refractivity contribution in [1.82, 2.24) is 10.3 Å². The molecule has 1 aromatic carbocycles. The largest absolute Gasteiger partial charge is 0.352 e. The van der Waals surface area contributed by atoms with Gasteiger partial charge in [0.1, 0.15) is 0 Å². The average molecular weight is 340 g/mol. The molecule has 25 heavy (non-hydrogen) atoms. The number of hydrogen-bond donors (Lipinski definition) is 3. The minimum atomic E-state index is -0.391. The highest BCUT2D eigenvalue weighted by Crippen LogP contribution is 2.16. The summed E-state index contributed by atoms with van der Waals surface area (Å²) in [6.45, 7) is 3.93. The van der Waals surface area contributed by atoms with Crippen LogP contribution in [0.1, 0.15) is 41.0 Å². The van der Waals surface area contributed by atoms with Crippen LogP contribution in [0, 0.1) is 0 Å². The molecule has 1 heterocycles. The molecule has 0 spiro atoms. The van der Waals surface area contributed by atoms with Gasteiger partial charge in [0.2, 0.25) is 5.91 Å². The van der Waals surface area contributed by atoms with E-state index in [0.29, 0.717) is 23.5 Å². The molecule has 7 nitrogen and oxygen atoms in total. The molecule has 1 aromatic heterocycles. The van der Waals surface area contributed by atoms with Crippen molar-refractivity contribution in [3.8, 4) is 0 Å². The zero-order chi connectivity index (χ0) is 18.2. The summed E-state index contributed by atoms with van der Waals surface area (Å²) < 4.78 is 0. The van der Waals surface area contributed by atoms with Crippen LogP contribution in [0.15, 0.2) is 42.7 Å². The maximum absolute atomic E-state index is 12.4. The third-order valence-electron chi connectivity index (χ3n) is 3.24.